The van der Waals surface area contributed by atoms with Crippen molar-refractivity contribution in [3.8, 4) is 5.88 Å². The zero-order valence-electron chi connectivity index (χ0n) is 19.0. The van der Waals surface area contributed by atoms with Gasteiger partial charge in [0.2, 0.25) is 5.88 Å². The van der Waals surface area contributed by atoms with Crippen LogP contribution < -0.4 is 4.74 Å². The minimum Gasteiger partial charge on any atom is -0.425 e. The van der Waals surface area contributed by atoms with E-state index in [0.717, 1.165) is 51.7 Å². The normalized spacial score (nSPS) is 27.7. The van der Waals surface area contributed by atoms with Gasteiger partial charge in [-0.25, -0.2) is 9.78 Å². The molecular formula is C23H35NO8. The van der Waals surface area contributed by atoms with E-state index in [1.54, 1.807) is 24.4 Å². The van der Waals surface area contributed by atoms with Crippen LogP contribution >= 0.6 is 0 Å². The first-order valence-electron chi connectivity index (χ1n) is 11.1. The molecule has 4 heterocycles. The van der Waals surface area contributed by atoms with Gasteiger partial charge in [0.05, 0.1) is 18.8 Å². The van der Waals surface area contributed by atoms with Gasteiger partial charge in [0.15, 0.2) is 5.78 Å². The second kappa shape index (κ2) is 13.5. The molecule has 0 aliphatic carbocycles. The maximum Gasteiger partial charge on any atom is 0.515 e. The quantitative estimate of drug-likeness (QED) is 0.675. The highest BCUT2D eigenvalue weighted by atomic mass is 16.7. The van der Waals surface area contributed by atoms with E-state index in [9.17, 15) is 14.7 Å². The van der Waals surface area contributed by atoms with E-state index in [4.69, 9.17) is 23.7 Å². The van der Waals surface area contributed by atoms with Crippen molar-refractivity contribution in [3.05, 3.63) is 24.4 Å². The minimum atomic E-state index is -0.739. The van der Waals surface area contributed by atoms with Gasteiger partial charge in [-0.15, -0.1) is 0 Å². The summed E-state index contributed by atoms with van der Waals surface area (Å²) < 4.78 is 25.4. The van der Waals surface area contributed by atoms with E-state index >= 15 is 0 Å². The lowest BCUT2D eigenvalue weighted by Crippen LogP contribution is -2.41. The molecule has 4 rings (SSSR count). The number of Topliss-reactive ketones (excluding diaryl/α,β-unsaturated/α-hetero) is 1. The van der Waals surface area contributed by atoms with E-state index < -0.39 is 17.4 Å². The van der Waals surface area contributed by atoms with Crippen LogP contribution in [0.2, 0.25) is 0 Å². The summed E-state index contributed by atoms with van der Waals surface area (Å²) in [6.45, 7) is 7.21. The molecular weight excluding hydrogens is 418 g/mol. The van der Waals surface area contributed by atoms with Gasteiger partial charge in [0, 0.05) is 38.5 Å². The number of hydrogen-bond donors (Lipinski definition) is 1. The molecule has 0 saturated carbocycles. The molecule has 0 spiro atoms. The molecule has 3 saturated heterocycles. The van der Waals surface area contributed by atoms with Crippen LogP contribution in [0.25, 0.3) is 0 Å². The van der Waals surface area contributed by atoms with Crippen LogP contribution in [0, 0.1) is 0 Å². The Morgan fingerprint density at radius 2 is 1.75 bits per heavy atom. The second-order valence-corrected chi connectivity index (χ2v) is 8.58. The van der Waals surface area contributed by atoms with Gasteiger partial charge in [-0.3, -0.25) is 4.79 Å². The molecule has 3 aliphatic heterocycles. The Morgan fingerprint density at radius 1 is 1.03 bits per heavy atom. The summed E-state index contributed by atoms with van der Waals surface area (Å²) in [7, 11) is 0. The third-order valence-electron chi connectivity index (χ3n) is 4.98. The minimum absolute atomic E-state index is 0.234. The largest absolute Gasteiger partial charge is 0.515 e. The predicted octanol–water partition coefficient (Wildman–Crippen LogP) is 3.08. The number of aromatic nitrogens is 1. The van der Waals surface area contributed by atoms with Crippen LogP contribution in [0.4, 0.5) is 4.79 Å². The van der Waals surface area contributed by atoms with Crippen molar-refractivity contribution in [3.63, 3.8) is 0 Å². The first-order chi connectivity index (χ1) is 15.3. The SMILES string of the molecule is CC1(O)CCCOC1.CC1(OC(=O)Oc2ccccn2)CCCOC1.O=C1CCCOC1. The van der Waals surface area contributed by atoms with Crippen LogP contribution in [0.5, 0.6) is 5.88 Å². The van der Waals surface area contributed by atoms with E-state index in [1.165, 1.54) is 0 Å². The lowest BCUT2D eigenvalue weighted by atomic mass is 9.99. The maximum absolute atomic E-state index is 11.5. The Bertz CT molecular complexity index is 672. The molecule has 1 N–H and O–H groups in total. The number of ether oxygens (including phenoxy) is 5. The lowest BCUT2D eigenvalue weighted by molar-refractivity contribution is -0.126. The van der Waals surface area contributed by atoms with Gasteiger partial charge in [-0.1, -0.05) is 6.07 Å². The number of aliphatic hydroxyl groups is 1. The van der Waals surface area contributed by atoms with Gasteiger partial charge in [-0.2, -0.15) is 0 Å². The van der Waals surface area contributed by atoms with E-state index in [-0.39, 0.29) is 11.7 Å². The Morgan fingerprint density at radius 3 is 2.19 bits per heavy atom. The first kappa shape index (κ1) is 26.2. The molecule has 0 aromatic carbocycles. The summed E-state index contributed by atoms with van der Waals surface area (Å²) >= 11 is 0. The lowest BCUT2D eigenvalue weighted by Gasteiger charge is -2.32. The molecule has 2 atom stereocenters. The maximum atomic E-state index is 11.5. The Hall–Kier alpha value is -2.07. The molecule has 0 bridgehead atoms. The van der Waals surface area contributed by atoms with Gasteiger partial charge < -0.3 is 28.8 Å². The summed E-state index contributed by atoms with van der Waals surface area (Å²) in [5.74, 6) is 0.476. The monoisotopic (exact) mass is 453 g/mol. The molecule has 180 valence electrons. The molecule has 1 aromatic rings. The number of carbonyl (C=O) groups is 2. The standard InChI is InChI=1S/C12H15NO4.C6H12O2.C5H8O2/c1-12(6-4-8-15-9-12)17-11(14)16-10-5-2-3-7-13-10;1-6(7)3-2-4-8-5-6;6-5-2-1-3-7-4-5/h2-3,5,7H,4,6,8-9H2,1H3;7H,2-5H2,1H3;1-4H2. The molecule has 9 nitrogen and oxygen atoms in total. The Labute approximate surface area is 189 Å². The van der Waals surface area contributed by atoms with Gasteiger partial charge in [0.25, 0.3) is 0 Å². The van der Waals surface area contributed by atoms with Crippen molar-refractivity contribution in [2.24, 2.45) is 0 Å². The fraction of sp³-hybridized carbons (Fsp3) is 0.696. The van der Waals surface area contributed by atoms with E-state index in [1.807, 2.05) is 13.8 Å². The summed E-state index contributed by atoms with van der Waals surface area (Å²) in [4.78, 5) is 25.8. The van der Waals surface area contributed by atoms with Crippen molar-refractivity contribution in [1.29, 1.82) is 0 Å². The Balaban J connectivity index is 0.000000199. The number of hydrogen-bond acceptors (Lipinski definition) is 9. The summed E-state index contributed by atoms with van der Waals surface area (Å²) in [5.41, 5.74) is -1.14. The molecule has 32 heavy (non-hydrogen) atoms. The van der Waals surface area contributed by atoms with Gasteiger partial charge in [0.1, 0.15) is 12.2 Å². The van der Waals surface area contributed by atoms with Crippen LogP contribution in [0.15, 0.2) is 24.4 Å². The highest BCUT2D eigenvalue weighted by Gasteiger charge is 2.32. The number of nitrogens with zero attached hydrogens (tertiary/aromatic N) is 1. The second-order valence-electron chi connectivity index (χ2n) is 8.58. The van der Waals surface area contributed by atoms with Crippen molar-refractivity contribution in [1.82, 2.24) is 4.98 Å². The zero-order valence-corrected chi connectivity index (χ0v) is 19.0. The molecule has 3 aliphatic rings. The van der Waals surface area contributed by atoms with Crippen molar-refractivity contribution < 1.29 is 38.4 Å². The predicted molar refractivity (Wildman–Crippen MR) is 116 cm³/mol. The average molecular weight is 454 g/mol. The number of rotatable bonds is 2. The molecule has 9 heteroatoms. The summed E-state index contributed by atoms with van der Waals surface area (Å²) in [6, 6.07) is 5.08. The first-order valence-corrected chi connectivity index (χ1v) is 11.1. The Kier molecular flexibility index (Phi) is 11.0. The number of ketones is 1. The summed E-state index contributed by atoms with van der Waals surface area (Å²) in [5, 5.41) is 9.25. The topological polar surface area (TPSA) is 113 Å². The molecule has 0 radical (unpaired) electrons. The van der Waals surface area contributed by atoms with Gasteiger partial charge >= 0.3 is 6.16 Å². The molecule has 1 aromatic heterocycles. The molecule has 2 unspecified atom stereocenters. The van der Waals surface area contributed by atoms with Gasteiger partial charge in [-0.05, 0) is 52.0 Å². The summed E-state index contributed by atoms with van der Waals surface area (Å²) in [6.07, 6.45) is 5.99. The number of carbonyl (C=O) groups excluding carboxylic acids is 2. The highest BCUT2D eigenvalue weighted by Crippen LogP contribution is 2.23. The van der Waals surface area contributed by atoms with Crippen molar-refractivity contribution >= 4 is 11.9 Å². The molecule has 0 amide bonds. The van der Waals surface area contributed by atoms with Crippen LogP contribution in [-0.2, 0) is 23.7 Å². The van der Waals surface area contributed by atoms with Crippen LogP contribution in [-0.4, -0.2) is 72.9 Å². The third kappa shape index (κ3) is 11.0. The van der Waals surface area contributed by atoms with Crippen LogP contribution in [0.3, 0.4) is 0 Å². The van der Waals surface area contributed by atoms with E-state index in [2.05, 4.69) is 4.98 Å². The highest BCUT2D eigenvalue weighted by molar-refractivity contribution is 5.80. The van der Waals surface area contributed by atoms with Crippen LogP contribution in [0.1, 0.15) is 52.4 Å². The van der Waals surface area contributed by atoms with E-state index in [0.29, 0.717) is 26.4 Å². The van der Waals surface area contributed by atoms with Crippen molar-refractivity contribution in [2.45, 2.75) is 63.6 Å². The fourth-order valence-electron chi connectivity index (χ4n) is 3.25. The smallest absolute Gasteiger partial charge is 0.425 e. The third-order valence-corrected chi connectivity index (χ3v) is 4.98. The fourth-order valence-corrected chi connectivity index (χ4v) is 3.25. The average Bonchev–Trinajstić information content (AvgIpc) is 2.76. The molecule has 3 fully saturated rings. The van der Waals surface area contributed by atoms with Crippen molar-refractivity contribution in [2.75, 3.05) is 39.6 Å². The number of pyridine rings is 1. The zero-order chi connectivity index (χ0) is 23.3.